The molecular formula is C17H22BNO5. The third-order valence-corrected chi connectivity index (χ3v) is 5.63. The Morgan fingerprint density at radius 1 is 1.33 bits per heavy atom. The fourth-order valence-electron chi connectivity index (χ4n) is 4.44. The second-order valence-electron chi connectivity index (χ2n) is 6.99. The molecule has 0 saturated carbocycles. The summed E-state index contributed by atoms with van der Waals surface area (Å²) < 4.78 is 11.5. The summed E-state index contributed by atoms with van der Waals surface area (Å²) in [6, 6.07) is 7.72. The third-order valence-electron chi connectivity index (χ3n) is 5.63. The van der Waals surface area contributed by atoms with Crippen LogP contribution in [0.2, 0.25) is 0 Å². The maximum atomic E-state index is 11.8. The fraction of sp³-hybridized carbons (Fsp3) is 0.588. The fourth-order valence-corrected chi connectivity index (χ4v) is 4.44. The van der Waals surface area contributed by atoms with E-state index in [4.69, 9.17) is 9.47 Å². The van der Waals surface area contributed by atoms with Crippen molar-refractivity contribution in [3.63, 3.8) is 0 Å². The molecule has 3 aliphatic rings. The van der Waals surface area contributed by atoms with E-state index < -0.39 is 13.1 Å². The highest BCUT2D eigenvalue weighted by Gasteiger charge is 2.47. The lowest BCUT2D eigenvalue weighted by atomic mass is 9.71. The minimum absolute atomic E-state index is 0.0218. The quantitative estimate of drug-likeness (QED) is 0.593. The van der Waals surface area contributed by atoms with Crippen LogP contribution < -0.4 is 4.74 Å². The lowest BCUT2D eigenvalue weighted by Crippen LogP contribution is -2.54. The molecule has 3 heterocycles. The molecular weight excluding hydrogens is 309 g/mol. The molecule has 1 aromatic rings. The molecule has 6 nitrogen and oxygen atoms in total. The number of hydrogen-bond acceptors (Lipinski definition) is 5. The van der Waals surface area contributed by atoms with E-state index in [0.717, 1.165) is 37.0 Å². The van der Waals surface area contributed by atoms with Crippen molar-refractivity contribution in [3.8, 4) is 5.75 Å². The highest BCUT2D eigenvalue weighted by Crippen LogP contribution is 2.40. The van der Waals surface area contributed by atoms with Crippen molar-refractivity contribution >= 4 is 13.5 Å². The molecule has 2 fully saturated rings. The van der Waals surface area contributed by atoms with Gasteiger partial charge in [-0.15, -0.1) is 0 Å². The van der Waals surface area contributed by atoms with Crippen molar-refractivity contribution < 1.29 is 24.3 Å². The number of carbonyl (C=O) groups is 1. The smallest absolute Gasteiger partial charge is 0.475 e. The molecule has 0 aromatic heterocycles. The average molecular weight is 331 g/mol. The maximum absolute atomic E-state index is 11.8. The van der Waals surface area contributed by atoms with E-state index in [-0.39, 0.29) is 24.2 Å². The lowest BCUT2D eigenvalue weighted by Gasteiger charge is -2.36. The van der Waals surface area contributed by atoms with Crippen LogP contribution in [-0.4, -0.2) is 59.3 Å². The molecule has 4 rings (SSSR count). The van der Waals surface area contributed by atoms with Crippen LogP contribution in [0.4, 0.5) is 0 Å². The van der Waals surface area contributed by atoms with Gasteiger partial charge in [-0.05, 0) is 31.7 Å². The van der Waals surface area contributed by atoms with E-state index in [0.29, 0.717) is 13.0 Å². The standard InChI is InChI=1S/C17H22BNO5/c20-10-19(14-8-12-5-6-16(14)24-12)17(18(21)22)7-11-9-23-15-4-2-1-3-13(11)15/h1-4,10-12,14,16-17,21-22H,5-9H2/t11-,12-,14-,16+,17-/m0/s1. The molecule has 7 heteroatoms. The summed E-state index contributed by atoms with van der Waals surface area (Å²) in [6.07, 6.45) is 4.18. The number of fused-ring (bicyclic) bond motifs is 3. The Bertz CT molecular complexity index is 612. The average Bonchev–Trinajstić information content (AvgIpc) is 3.30. The molecule has 5 atom stereocenters. The molecule has 2 bridgehead atoms. The Kier molecular flexibility index (Phi) is 4.24. The van der Waals surface area contributed by atoms with E-state index in [9.17, 15) is 14.8 Å². The Labute approximate surface area is 141 Å². The zero-order valence-electron chi connectivity index (χ0n) is 13.5. The summed E-state index contributed by atoms with van der Waals surface area (Å²) in [4.78, 5) is 13.3. The predicted molar refractivity (Wildman–Crippen MR) is 87.5 cm³/mol. The van der Waals surface area contributed by atoms with Crippen molar-refractivity contribution in [1.29, 1.82) is 0 Å². The Hall–Kier alpha value is -1.57. The molecule has 0 radical (unpaired) electrons. The van der Waals surface area contributed by atoms with E-state index in [2.05, 4.69) is 0 Å². The van der Waals surface area contributed by atoms with Crippen molar-refractivity contribution in [3.05, 3.63) is 29.8 Å². The molecule has 0 spiro atoms. The maximum Gasteiger partial charge on any atom is 0.475 e. The molecule has 0 unspecified atom stereocenters. The van der Waals surface area contributed by atoms with Gasteiger partial charge in [-0.25, -0.2) is 0 Å². The molecule has 1 amide bonds. The van der Waals surface area contributed by atoms with Gasteiger partial charge in [0.05, 0.1) is 30.8 Å². The van der Waals surface area contributed by atoms with Crippen LogP contribution in [0, 0.1) is 0 Å². The molecule has 2 saturated heterocycles. The van der Waals surface area contributed by atoms with Crippen molar-refractivity contribution in [2.45, 2.75) is 55.8 Å². The monoisotopic (exact) mass is 331 g/mol. The molecule has 2 N–H and O–H groups in total. The topological polar surface area (TPSA) is 79.2 Å². The van der Waals surface area contributed by atoms with Crippen LogP contribution in [-0.2, 0) is 9.53 Å². The van der Waals surface area contributed by atoms with Crippen LogP contribution in [0.25, 0.3) is 0 Å². The van der Waals surface area contributed by atoms with E-state index >= 15 is 0 Å². The van der Waals surface area contributed by atoms with Gasteiger partial charge in [0.25, 0.3) is 0 Å². The number of hydrogen-bond donors (Lipinski definition) is 2. The Balaban J connectivity index is 1.53. The van der Waals surface area contributed by atoms with Gasteiger partial charge < -0.3 is 24.4 Å². The number of nitrogens with zero attached hydrogens (tertiary/aromatic N) is 1. The SMILES string of the molecule is O=CN([C@@H](C[C@H]1COc2ccccc21)B(O)O)[C@H]1C[C@@H]2CC[C@H]1O2. The summed E-state index contributed by atoms with van der Waals surface area (Å²) in [7, 11) is -1.58. The minimum Gasteiger partial charge on any atom is -0.493 e. The van der Waals surface area contributed by atoms with Gasteiger partial charge in [-0.3, -0.25) is 4.79 Å². The van der Waals surface area contributed by atoms with Crippen LogP contribution in [0.15, 0.2) is 24.3 Å². The largest absolute Gasteiger partial charge is 0.493 e. The third kappa shape index (κ3) is 2.70. The van der Waals surface area contributed by atoms with Crippen LogP contribution >= 0.6 is 0 Å². The van der Waals surface area contributed by atoms with Crippen molar-refractivity contribution in [2.24, 2.45) is 0 Å². The summed E-state index contributed by atoms with van der Waals surface area (Å²) in [5.74, 6) is 0.236. The molecule has 0 aliphatic carbocycles. The molecule has 3 aliphatic heterocycles. The highest BCUT2D eigenvalue weighted by molar-refractivity contribution is 6.43. The minimum atomic E-state index is -1.58. The first kappa shape index (κ1) is 15.9. The summed E-state index contributed by atoms with van der Waals surface area (Å²) in [6.45, 7) is 0.502. The lowest BCUT2D eigenvalue weighted by molar-refractivity contribution is -0.123. The normalized spacial score (nSPS) is 31.4. The first-order chi connectivity index (χ1) is 11.7. The predicted octanol–water partition coefficient (Wildman–Crippen LogP) is 0.712. The number of para-hydroxylation sites is 1. The Morgan fingerprint density at radius 2 is 2.17 bits per heavy atom. The van der Waals surface area contributed by atoms with Gasteiger partial charge in [-0.1, -0.05) is 18.2 Å². The van der Waals surface area contributed by atoms with Crippen molar-refractivity contribution in [1.82, 2.24) is 4.90 Å². The first-order valence-electron chi connectivity index (χ1n) is 8.63. The molecule has 1 aromatic carbocycles. The van der Waals surface area contributed by atoms with Gasteiger partial charge in [0.2, 0.25) is 6.41 Å². The second-order valence-corrected chi connectivity index (χ2v) is 6.99. The van der Waals surface area contributed by atoms with Crippen LogP contribution in [0.1, 0.15) is 37.2 Å². The van der Waals surface area contributed by atoms with Gasteiger partial charge >= 0.3 is 7.12 Å². The Morgan fingerprint density at radius 3 is 2.83 bits per heavy atom. The number of benzene rings is 1. The molecule has 24 heavy (non-hydrogen) atoms. The van der Waals surface area contributed by atoms with Gasteiger partial charge in [0.15, 0.2) is 0 Å². The number of ether oxygens (including phenoxy) is 2. The first-order valence-corrected chi connectivity index (χ1v) is 8.63. The van der Waals surface area contributed by atoms with E-state index in [1.807, 2.05) is 24.3 Å². The number of amides is 1. The number of carbonyl (C=O) groups excluding carboxylic acids is 1. The van der Waals surface area contributed by atoms with Gasteiger partial charge in [0, 0.05) is 11.5 Å². The molecule has 128 valence electrons. The summed E-state index contributed by atoms with van der Waals surface area (Å²) in [5, 5.41) is 19.9. The number of rotatable bonds is 6. The van der Waals surface area contributed by atoms with Crippen LogP contribution in [0.3, 0.4) is 0 Å². The zero-order valence-corrected chi connectivity index (χ0v) is 13.5. The highest BCUT2D eigenvalue weighted by atomic mass is 16.5. The van der Waals surface area contributed by atoms with Gasteiger partial charge in [-0.2, -0.15) is 0 Å². The second kappa shape index (κ2) is 6.39. The van der Waals surface area contributed by atoms with Crippen LogP contribution in [0.5, 0.6) is 5.75 Å². The summed E-state index contributed by atoms with van der Waals surface area (Å²) in [5.41, 5.74) is 1.07. The summed E-state index contributed by atoms with van der Waals surface area (Å²) >= 11 is 0. The van der Waals surface area contributed by atoms with Crippen molar-refractivity contribution in [2.75, 3.05) is 6.61 Å². The van der Waals surface area contributed by atoms with E-state index in [1.165, 1.54) is 0 Å². The zero-order chi connectivity index (χ0) is 16.7. The van der Waals surface area contributed by atoms with Gasteiger partial charge in [0.1, 0.15) is 5.75 Å². The van der Waals surface area contributed by atoms with E-state index in [1.54, 1.807) is 4.90 Å².